The lowest BCUT2D eigenvalue weighted by molar-refractivity contribution is -0.204. The molecule has 1 aromatic carbocycles. The quantitative estimate of drug-likeness (QED) is 0.135. The first-order chi connectivity index (χ1) is 19.1. The van der Waals surface area contributed by atoms with E-state index in [0.29, 0.717) is 25.9 Å². The average Bonchev–Trinajstić information content (AvgIpc) is 2.96. The highest BCUT2D eigenvalue weighted by Crippen LogP contribution is 2.46. The van der Waals surface area contributed by atoms with Crippen LogP contribution in [0.15, 0.2) is 36.4 Å². The zero-order valence-electron chi connectivity index (χ0n) is 24.9. The van der Waals surface area contributed by atoms with Gasteiger partial charge >= 0.3 is 0 Å². The van der Waals surface area contributed by atoms with E-state index in [4.69, 9.17) is 21.2 Å². The maximum absolute atomic E-state index is 14.3. The lowest BCUT2D eigenvalue weighted by Gasteiger charge is -2.43. The lowest BCUT2D eigenvalue weighted by atomic mass is 9.59. The molecule has 1 saturated heterocycles. The second-order valence-electron chi connectivity index (χ2n) is 11.4. The number of hydrogen-bond acceptors (Lipinski definition) is 7. The predicted octanol–water partition coefficient (Wildman–Crippen LogP) is 4.27. The summed E-state index contributed by atoms with van der Waals surface area (Å²) in [6.07, 6.45) is 7.78. The third-order valence-corrected chi connectivity index (χ3v) is 7.90. The number of carbonyl (C=O) groups is 3. The van der Waals surface area contributed by atoms with E-state index in [1.54, 1.807) is 13.0 Å². The number of benzene rings is 1. The third-order valence-electron chi connectivity index (χ3n) is 7.90. The normalized spacial score (nSPS) is 19.7. The van der Waals surface area contributed by atoms with E-state index in [1.807, 2.05) is 50.3 Å². The van der Waals surface area contributed by atoms with Crippen molar-refractivity contribution < 1.29 is 24.0 Å². The minimum absolute atomic E-state index is 0.0366. The largest absolute Gasteiger partial charge is 0.350 e. The zero-order chi connectivity index (χ0) is 29.7. The summed E-state index contributed by atoms with van der Waals surface area (Å²) in [5.41, 5.74) is 10.6. The Bertz CT molecular complexity index is 958. The smallest absolute Gasteiger partial charge is 0.248 e. The number of amides is 2. The highest BCUT2D eigenvalue weighted by Gasteiger charge is 2.53. The van der Waals surface area contributed by atoms with Crippen LogP contribution in [0.2, 0.25) is 0 Å². The van der Waals surface area contributed by atoms with Gasteiger partial charge in [0.2, 0.25) is 11.8 Å². The van der Waals surface area contributed by atoms with Crippen LogP contribution < -0.4 is 22.5 Å². The van der Waals surface area contributed by atoms with Gasteiger partial charge in [0.15, 0.2) is 12.1 Å². The fourth-order valence-corrected chi connectivity index (χ4v) is 5.70. The van der Waals surface area contributed by atoms with Crippen LogP contribution >= 0.6 is 0 Å². The molecule has 0 spiro atoms. The summed E-state index contributed by atoms with van der Waals surface area (Å²) in [5.74, 6) is 2.36. The second-order valence-corrected chi connectivity index (χ2v) is 11.4. The molecule has 0 aliphatic carbocycles. The van der Waals surface area contributed by atoms with E-state index < -0.39 is 41.4 Å². The van der Waals surface area contributed by atoms with Gasteiger partial charge in [-0.2, -0.15) is 0 Å². The highest BCUT2D eigenvalue weighted by molar-refractivity contribution is 5.99. The first-order valence-electron chi connectivity index (χ1n) is 14.7. The van der Waals surface area contributed by atoms with E-state index >= 15 is 0 Å². The first-order valence-corrected chi connectivity index (χ1v) is 14.7. The molecule has 40 heavy (non-hydrogen) atoms. The molecule has 224 valence electrons. The van der Waals surface area contributed by atoms with E-state index in [0.717, 1.165) is 31.2 Å². The van der Waals surface area contributed by atoms with Crippen LogP contribution in [-0.2, 0) is 24.0 Å². The summed E-state index contributed by atoms with van der Waals surface area (Å²) in [7, 11) is 0. The Kier molecular flexibility index (Phi) is 14.0. The molecule has 2 unspecified atom stereocenters. The Labute approximate surface area is 239 Å². The molecule has 1 aliphatic rings. The van der Waals surface area contributed by atoms with Gasteiger partial charge in [0.1, 0.15) is 0 Å². The molecule has 6 N–H and O–H groups in total. The molecule has 5 atom stereocenters. The number of allylic oxidation sites excluding steroid dienone is 1. The molecule has 1 fully saturated rings. The summed E-state index contributed by atoms with van der Waals surface area (Å²) in [5, 5.41) is 0. The van der Waals surface area contributed by atoms with Gasteiger partial charge in [-0.25, -0.2) is 16.2 Å². The predicted molar refractivity (Wildman–Crippen MR) is 157 cm³/mol. The van der Waals surface area contributed by atoms with Crippen molar-refractivity contribution in [1.29, 1.82) is 0 Å². The Balaban J connectivity index is 2.77. The molecule has 2 rings (SSSR count). The van der Waals surface area contributed by atoms with Crippen LogP contribution in [0, 0.1) is 29.1 Å². The Morgan fingerprint density at radius 1 is 1.10 bits per heavy atom. The maximum atomic E-state index is 14.3. The summed E-state index contributed by atoms with van der Waals surface area (Å²) in [4.78, 5) is 47.6. The second kappa shape index (κ2) is 16.6. The van der Waals surface area contributed by atoms with Crippen molar-refractivity contribution in [3.8, 4) is 0 Å². The molecule has 1 aromatic rings. The van der Waals surface area contributed by atoms with Crippen LogP contribution in [0.25, 0.3) is 6.08 Å². The van der Waals surface area contributed by atoms with Crippen LogP contribution in [-0.4, -0.2) is 36.5 Å². The number of hydrogen-bond donors (Lipinski definition) is 4. The minimum atomic E-state index is -1.41. The molecule has 9 heteroatoms. The van der Waals surface area contributed by atoms with Gasteiger partial charge in [0, 0.05) is 13.0 Å². The van der Waals surface area contributed by atoms with Crippen molar-refractivity contribution in [3.05, 3.63) is 42.0 Å². The third kappa shape index (κ3) is 9.23. The number of carbonyl (C=O) groups excluding carboxylic acids is 3. The number of hydroxylamine groups is 1. The number of nitrogens with one attached hydrogen (secondary N) is 2. The number of ether oxygens (including phenoxy) is 1. The number of rotatable bonds is 16. The maximum Gasteiger partial charge on any atom is 0.248 e. The molecule has 0 radical (unpaired) electrons. The molecule has 1 heterocycles. The van der Waals surface area contributed by atoms with Crippen LogP contribution in [0.5, 0.6) is 0 Å². The number of nitrogens with two attached hydrogens (primary N) is 2. The SMILES string of the molecule is CCC(CC)CC(/C=C/c1ccccc1)(C(=O)[C@@H](C)N)[C@@H](C(=O)NOC1CCCCO1)[C@@H](CC(C)C)C(=O)NN. The summed E-state index contributed by atoms with van der Waals surface area (Å²) < 4.78 is 5.64. The molecular weight excluding hydrogens is 508 g/mol. The molecule has 1 aliphatic heterocycles. The molecule has 0 bridgehead atoms. The van der Waals surface area contributed by atoms with Crippen molar-refractivity contribution in [2.24, 2.45) is 40.7 Å². The fraction of sp³-hybridized carbons (Fsp3) is 0.645. The Morgan fingerprint density at radius 3 is 2.30 bits per heavy atom. The molecule has 2 amide bonds. The fourth-order valence-electron chi connectivity index (χ4n) is 5.70. The van der Waals surface area contributed by atoms with Gasteiger partial charge in [0.05, 0.1) is 23.3 Å². The van der Waals surface area contributed by atoms with Crippen molar-refractivity contribution in [3.63, 3.8) is 0 Å². The molecule has 0 aromatic heterocycles. The summed E-state index contributed by atoms with van der Waals surface area (Å²) in [6.45, 7) is 10.2. The number of hydrazine groups is 1. The zero-order valence-corrected chi connectivity index (χ0v) is 24.9. The van der Waals surface area contributed by atoms with Crippen LogP contribution in [0.4, 0.5) is 0 Å². The molecule has 9 nitrogen and oxygen atoms in total. The van der Waals surface area contributed by atoms with Gasteiger partial charge in [0.25, 0.3) is 0 Å². The number of ketones is 1. The van der Waals surface area contributed by atoms with Gasteiger partial charge in [-0.1, -0.05) is 83.0 Å². The minimum Gasteiger partial charge on any atom is -0.350 e. The van der Waals surface area contributed by atoms with E-state index in [-0.39, 0.29) is 17.6 Å². The Hall–Kier alpha value is -2.59. The highest BCUT2D eigenvalue weighted by atomic mass is 16.8. The van der Waals surface area contributed by atoms with Crippen LogP contribution in [0.1, 0.15) is 85.1 Å². The monoisotopic (exact) mass is 558 g/mol. The van der Waals surface area contributed by atoms with Crippen molar-refractivity contribution >= 4 is 23.7 Å². The van der Waals surface area contributed by atoms with Gasteiger partial charge in [-0.3, -0.25) is 19.8 Å². The standard InChI is InChI=1S/C31H50N4O5/c1-6-23(7-2)20-31(28(36)22(5)32,17-16-24-13-9-8-10-14-24)27(25(19-21(3)4)29(37)34-33)30(38)35-40-26-15-11-12-18-39-26/h8-10,13-14,16-17,21-23,25-27H,6-7,11-12,15,18-20,32-33H2,1-5H3,(H,34,37)(H,35,38)/b17-16+/t22-,25-,26?,27-,31?/m1/s1. The first kappa shape index (κ1) is 33.6. The van der Waals surface area contributed by atoms with Crippen molar-refractivity contribution in [2.45, 2.75) is 91.9 Å². The summed E-state index contributed by atoms with van der Waals surface area (Å²) in [6, 6.07) is 8.68. The van der Waals surface area contributed by atoms with E-state index in [1.165, 1.54) is 0 Å². The van der Waals surface area contributed by atoms with Gasteiger partial charge in [-0.15, -0.1) is 0 Å². The summed E-state index contributed by atoms with van der Waals surface area (Å²) >= 11 is 0. The van der Waals surface area contributed by atoms with E-state index in [2.05, 4.69) is 24.8 Å². The van der Waals surface area contributed by atoms with Gasteiger partial charge in [-0.05, 0) is 50.0 Å². The topological polar surface area (TPSA) is 146 Å². The average molecular weight is 559 g/mol. The molecular formula is C31H50N4O5. The van der Waals surface area contributed by atoms with Crippen molar-refractivity contribution in [2.75, 3.05) is 6.61 Å². The van der Waals surface area contributed by atoms with Crippen LogP contribution in [0.3, 0.4) is 0 Å². The molecule has 0 saturated carbocycles. The van der Waals surface area contributed by atoms with E-state index in [9.17, 15) is 14.4 Å². The van der Waals surface area contributed by atoms with Gasteiger partial charge < -0.3 is 10.5 Å². The number of Topliss-reactive ketones (excluding diaryl/α,β-unsaturated/α-hetero) is 1. The lowest BCUT2D eigenvalue weighted by Crippen LogP contribution is -2.57. The Morgan fingerprint density at radius 2 is 1.77 bits per heavy atom. The van der Waals surface area contributed by atoms with Crippen molar-refractivity contribution in [1.82, 2.24) is 10.9 Å².